The van der Waals surface area contributed by atoms with Gasteiger partial charge in [0.15, 0.2) is 0 Å². The van der Waals surface area contributed by atoms with E-state index in [1.165, 1.54) is 7.11 Å². The van der Waals surface area contributed by atoms with Crippen molar-refractivity contribution in [2.24, 2.45) is 0 Å². The van der Waals surface area contributed by atoms with Crippen molar-refractivity contribution in [1.82, 2.24) is 10.5 Å². The molecular formula is C11H15N3O3. The van der Waals surface area contributed by atoms with Gasteiger partial charge >= 0.3 is 0 Å². The predicted molar refractivity (Wildman–Crippen MR) is 61.7 cm³/mol. The van der Waals surface area contributed by atoms with Gasteiger partial charge in [-0.2, -0.15) is 0 Å². The van der Waals surface area contributed by atoms with E-state index in [9.17, 15) is 4.79 Å². The van der Waals surface area contributed by atoms with Crippen LogP contribution in [0.4, 0.5) is 5.82 Å². The van der Waals surface area contributed by atoms with E-state index in [1.54, 1.807) is 12.3 Å². The Bertz CT molecular complexity index is 374. The summed E-state index contributed by atoms with van der Waals surface area (Å²) in [6.45, 7) is 3.09. The summed E-state index contributed by atoms with van der Waals surface area (Å²) in [5.41, 5.74) is 2.72. The molecule has 0 aliphatic carbocycles. The van der Waals surface area contributed by atoms with Crippen LogP contribution in [0.25, 0.3) is 0 Å². The summed E-state index contributed by atoms with van der Waals surface area (Å²) < 4.78 is 5.27. The molecule has 0 aromatic carbocycles. The molecule has 1 aliphatic heterocycles. The number of morpholine rings is 1. The minimum absolute atomic E-state index is 0.298. The Balaban J connectivity index is 2.04. The number of hydrogen-bond acceptors (Lipinski definition) is 5. The van der Waals surface area contributed by atoms with Gasteiger partial charge in [0, 0.05) is 19.3 Å². The zero-order valence-corrected chi connectivity index (χ0v) is 9.68. The van der Waals surface area contributed by atoms with Crippen molar-refractivity contribution in [2.45, 2.75) is 0 Å². The molecular weight excluding hydrogens is 222 g/mol. The smallest absolute Gasteiger partial charge is 0.276 e. The number of carbonyl (C=O) groups is 1. The van der Waals surface area contributed by atoms with Crippen LogP contribution in [0.15, 0.2) is 18.3 Å². The lowest BCUT2D eigenvalue weighted by Gasteiger charge is -2.27. The topological polar surface area (TPSA) is 63.7 Å². The molecule has 1 N–H and O–H groups in total. The summed E-state index contributed by atoms with van der Waals surface area (Å²) in [4.78, 5) is 22.4. The minimum atomic E-state index is -0.298. The third kappa shape index (κ3) is 2.92. The summed E-state index contributed by atoms with van der Waals surface area (Å²) >= 11 is 0. The lowest BCUT2D eigenvalue weighted by atomic mass is 10.2. The largest absolute Gasteiger partial charge is 0.378 e. The molecule has 1 aromatic heterocycles. The predicted octanol–water partition coefficient (Wildman–Crippen LogP) is 0.209. The molecule has 6 heteroatoms. The van der Waals surface area contributed by atoms with E-state index < -0.39 is 0 Å². The van der Waals surface area contributed by atoms with E-state index in [0.717, 1.165) is 18.9 Å². The highest BCUT2D eigenvalue weighted by Gasteiger charge is 2.13. The van der Waals surface area contributed by atoms with Gasteiger partial charge in [-0.05, 0) is 12.1 Å². The van der Waals surface area contributed by atoms with Crippen LogP contribution >= 0.6 is 0 Å². The second-order valence-electron chi connectivity index (χ2n) is 3.64. The van der Waals surface area contributed by atoms with Crippen LogP contribution in [-0.2, 0) is 9.57 Å². The molecule has 0 bridgehead atoms. The summed E-state index contributed by atoms with van der Waals surface area (Å²) in [5.74, 6) is 0.566. The van der Waals surface area contributed by atoms with Crippen LogP contribution in [0.2, 0.25) is 0 Å². The number of hydroxylamine groups is 1. The fraction of sp³-hybridized carbons (Fsp3) is 0.455. The Kier molecular flexibility index (Phi) is 3.89. The van der Waals surface area contributed by atoms with Gasteiger partial charge in [0.05, 0.1) is 25.9 Å². The molecule has 1 aliphatic rings. The molecule has 1 fully saturated rings. The lowest BCUT2D eigenvalue weighted by molar-refractivity contribution is 0.0537. The lowest BCUT2D eigenvalue weighted by Crippen LogP contribution is -2.36. The first-order chi connectivity index (χ1) is 8.31. The van der Waals surface area contributed by atoms with Crippen molar-refractivity contribution >= 4 is 11.7 Å². The van der Waals surface area contributed by atoms with Crippen molar-refractivity contribution < 1.29 is 14.4 Å². The zero-order chi connectivity index (χ0) is 12.1. The standard InChI is InChI=1S/C11H15N3O3/c1-16-13-11(15)9-2-3-10(12-8-9)14-4-6-17-7-5-14/h2-3,8H,4-7H2,1H3,(H,13,15). The number of pyridine rings is 1. The average Bonchev–Trinajstić information content (AvgIpc) is 2.40. The molecule has 0 atom stereocenters. The number of nitrogens with zero attached hydrogens (tertiary/aromatic N) is 2. The van der Waals surface area contributed by atoms with Gasteiger partial charge in [0.2, 0.25) is 0 Å². The highest BCUT2D eigenvalue weighted by Crippen LogP contribution is 2.12. The number of hydrogen-bond donors (Lipinski definition) is 1. The van der Waals surface area contributed by atoms with Crippen LogP contribution in [0.3, 0.4) is 0 Å². The molecule has 92 valence electrons. The van der Waals surface area contributed by atoms with Gasteiger partial charge in [-0.25, -0.2) is 10.5 Å². The molecule has 17 heavy (non-hydrogen) atoms. The van der Waals surface area contributed by atoms with Gasteiger partial charge in [-0.3, -0.25) is 9.63 Å². The average molecular weight is 237 g/mol. The molecule has 0 unspecified atom stereocenters. The van der Waals surface area contributed by atoms with Gasteiger partial charge in [0.1, 0.15) is 5.82 Å². The highest BCUT2D eigenvalue weighted by atomic mass is 16.6. The van der Waals surface area contributed by atoms with Crippen LogP contribution in [0.5, 0.6) is 0 Å². The third-order valence-electron chi connectivity index (χ3n) is 2.54. The summed E-state index contributed by atoms with van der Waals surface area (Å²) in [6, 6.07) is 3.56. The van der Waals surface area contributed by atoms with Crippen LogP contribution < -0.4 is 10.4 Å². The van der Waals surface area contributed by atoms with E-state index >= 15 is 0 Å². The van der Waals surface area contributed by atoms with E-state index in [-0.39, 0.29) is 5.91 Å². The molecule has 1 amide bonds. The number of nitrogens with one attached hydrogen (secondary N) is 1. The summed E-state index contributed by atoms with van der Waals surface area (Å²) in [6.07, 6.45) is 1.54. The number of rotatable bonds is 3. The van der Waals surface area contributed by atoms with Crippen molar-refractivity contribution in [3.05, 3.63) is 23.9 Å². The molecule has 6 nitrogen and oxygen atoms in total. The number of anilines is 1. The number of ether oxygens (including phenoxy) is 1. The number of carbonyl (C=O) groups excluding carboxylic acids is 1. The molecule has 2 rings (SSSR count). The maximum absolute atomic E-state index is 11.4. The van der Waals surface area contributed by atoms with Crippen molar-refractivity contribution in [2.75, 3.05) is 38.3 Å². The van der Waals surface area contributed by atoms with Gasteiger partial charge in [-0.1, -0.05) is 0 Å². The van der Waals surface area contributed by atoms with Crippen LogP contribution in [-0.4, -0.2) is 44.3 Å². The Morgan fingerprint density at radius 1 is 1.47 bits per heavy atom. The number of aromatic nitrogens is 1. The first kappa shape index (κ1) is 11.8. The fourth-order valence-electron chi connectivity index (χ4n) is 1.65. The van der Waals surface area contributed by atoms with Crippen LogP contribution in [0, 0.1) is 0 Å². The molecule has 0 radical (unpaired) electrons. The monoisotopic (exact) mass is 237 g/mol. The Morgan fingerprint density at radius 2 is 2.24 bits per heavy atom. The van der Waals surface area contributed by atoms with Crippen LogP contribution in [0.1, 0.15) is 10.4 Å². The highest BCUT2D eigenvalue weighted by molar-refractivity contribution is 5.93. The van der Waals surface area contributed by atoms with Gasteiger partial charge in [0.25, 0.3) is 5.91 Å². The van der Waals surface area contributed by atoms with E-state index in [4.69, 9.17) is 4.74 Å². The quantitative estimate of drug-likeness (QED) is 0.761. The zero-order valence-electron chi connectivity index (χ0n) is 9.68. The van der Waals surface area contributed by atoms with Crippen molar-refractivity contribution in [1.29, 1.82) is 0 Å². The molecule has 2 heterocycles. The maximum Gasteiger partial charge on any atom is 0.276 e. The molecule has 1 aromatic rings. The maximum atomic E-state index is 11.4. The SMILES string of the molecule is CONC(=O)c1ccc(N2CCOCC2)nc1. The first-order valence-corrected chi connectivity index (χ1v) is 5.43. The molecule has 0 saturated carbocycles. The minimum Gasteiger partial charge on any atom is -0.378 e. The Labute approximate surface area is 99.5 Å². The summed E-state index contributed by atoms with van der Waals surface area (Å²) in [5, 5.41) is 0. The first-order valence-electron chi connectivity index (χ1n) is 5.43. The van der Waals surface area contributed by atoms with Gasteiger partial charge < -0.3 is 9.64 Å². The number of amides is 1. The third-order valence-corrected chi connectivity index (χ3v) is 2.54. The second kappa shape index (κ2) is 5.60. The van der Waals surface area contributed by atoms with Crippen molar-refractivity contribution in [3.63, 3.8) is 0 Å². The Hall–Kier alpha value is -1.66. The molecule has 1 saturated heterocycles. The fourth-order valence-corrected chi connectivity index (χ4v) is 1.65. The Morgan fingerprint density at radius 3 is 2.82 bits per heavy atom. The normalized spacial score (nSPS) is 15.7. The van der Waals surface area contributed by atoms with E-state index in [0.29, 0.717) is 18.8 Å². The van der Waals surface area contributed by atoms with Gasteiger partial charge in [-0.15, -0.1) is 0 Å². The summed E-state index contributed by atoms with van der Waals surface area (Å²) in [7, 11) is 1.40. The van der Waals surface area contributed by atoms with E-state index in [1.807, 2.05) is 6.07 Å². The molecule has 0 spiro atoms. The second-order valence-corrected chi connectivity index (χ2v) is 3.64. The van der Waals surface area contributed by atoms with Crippen molar-refractivity contribution in [3.8, 4) is 0 Å². The van der Waals surface area contributed by atoms with E-state index in [2.05, 4.69) is 20.2 Å².